The molecular weight excluding hydrogens is 188 g/mol. The van der Waals surface area contributed by atoms with Gasteiger partial charge in [0, 0.05) is 5.92 Å². The van der Waals surface area contributed by atoms with E-state index in [1.54, 1.807) is 0 Å². The summed E-state index contributed by atoms with van der Waals surface area (Å²) in [5, 5.41) is 0. The van der Waals surface area contributed by atoms with E-state index in [2.05, 4.69) is 27.7 Å². The van der Waals surface area contributed by atoms with E-state index in [0.717, 1.165) is 25.5 Å². The number of carbonyl (C=O) groups is 1. The molecule has 86 valence electrons. The molecule has 0 spiro atoms. The highest BCUT2D eigenvalue weighted by molar-refractivity contribution is 5.58. The van der Waals surface area contributed by atoms with Crippen molar-refractivity contribution in [2.24, 2.45) is 17.8 Å². The van der Waals surface area contributed by atoms with Crippen LogP contribution in [0.3, 0.4) is 0 Å². The average molecular weight is 210 g/mol. The number of aldehydes is 1. The van der Waals surface area contributed by atoms with Crippen LogP contribution in [0.4, 0.5) is 0 Å². The van der Waals surface area contributed by atoms with Crippen LogP contribution in [0.15, 0.2) is 0 Å². The van der Waals surface area contributed by atoms with E-state index >= 15 is 0 Å². The van der Waals surface area contributed by atoms with Crippen molar-refractivity contribution in [1.82, 2.24) is 0 Å². The van der Waals surface area contributed by atoms with Crippen LogP contribution in [0.5, 0.6) is 0 Å². The van der Waals surface area contributed by atoms with Crippen LogP contribution in [0.2, 0.25) is 0 Å². The summed E-state index contributed by atoms with van der Waals surface area (Å²) in [4.78, 5) is 10.7. The van der Waals surface area contributed by atoms with E-state index in [4.69, 9.17) is 4.74 Å². The van der Waals surface area contributed by atoms with Crippen molar-refractivity contribution >= 4 is 6.29 Å². The Kier molecular flexibility index (Phi) is 2.45. The first-order chi connectivity index (χ1) is 6.83. The summed E-state index contributed by atoms with van der Waals surface area (Å²) < 4.78 is 6.05. The molecule has 2 rings (SSSR count). The predicted molar refractivity (Wildman–Crippen MR) is 59.6 cm³/mol. The molecule has 1 aliphatic heterocycles. The third-order valence-corrected chi connectivity index (χ3v) is 3.73. The van der Waals surface area contributed by atoms with Gasteiger partial charge in [-0.15, -0.1) is 0 Å². The molecule has 2 aliphatic rings. The normalized spacial score (nSPS) is 38.7. The maximum Gasteiger partial charge on any atom is 0.123 e. The molecule has 2 fully saturated rings. The van der Waals surface area contributed by atoms with Gasteiger partial charge in [0.15, 0.2) is 0 Å². The quantitative estimate of drug-likeness (QED) is 0.655. The first-order valence-corrected chi connectivity index (χ1v) is 5.98. The smallest absolute Gasteiger partial charge is 0.123 e. The van der Waals surface area contributed by atoms with Crippen molar-refractivity contribution in [3.63, 3.8) is 0 Å². The summed E-state index contributed by atoms with van der Waals surface area (Å²) in [5.74, 6) is 1.67. The van der Waals surface area contributed by atoms with Gasteiger partial charge in [-0.3, -0.25) is 0 Å². The summed E-state index contributed by atoms with van der Waals surface area (Å²) in [5.41, 5.74) is -0.0507. The lowest BCUT2D eigenvalue weighted by atomic mass is 9.78. The molecule has 0 aromatic heterocycles. The van der Waals surface area contributed by atoms with Gasteiger partial charge in [0.25, 0.3) is 0 Å². The van der Waals surface area contributed by atoms with Crippen LogP contribution < -0.4 is 0 Å². The van der Waals surface area contributed by atoms with Gasteiger partial charge in [-0.25, -0.2) is 0 Å². The maximum absolute atomic E-state index is 10.7. The van der Waals surface area contributed by atoms with Crippen LogP contribution in [0.25, 0.3) is 0 Å². The third kappa shape index (κ3) is 2.41. The fraction of sp³-hybridized carbons (Fsp3) is 0.923. The van der Waals surface area contributed by atoms with E-state index in [1.807, 2.05) is 0 Å². The molecule has 0 aromatic rings. The zero-order chi connectivity index (χ0) is 11.3. The molecule has 15 heavy (non-hydrogen) atoms. The second kappa shape index (κ2) is 3.31. The fourth-order valence-electron chi connectivity index (χ4n) is 3.40. The summed E-state index contributed by atoms with van der Waals surface area (Å²) in [6.07, 6.45) is 4.46. The molecule has 0 bridgehead atoms. The van der Waals surface area contributed by atoms with E-state index in [-0.39, 0.29) is 11.2 Å². The minimum Gasteiger partial charge on any atom is -0.370 e. The van der Waals surface area contributed by atoms with Gasteiger partial charge in [-0.2, -0.15) is 0 Å². The molecule has 0 unspecified atom stereocenters. The van der Waals surface area contributed by atoms with Crippen LogP contribution in [-0.4, -0.2) is 17.5 Å². The van der Waals surface area contributed by atoms with Crippen LogP contribution in [-0.2, 0) is 9.53 Å². The van der Waals surface area contributed by atoms with E-state index in [9.17, 15) is 4.79 Å². The van der Waals surface area contributed by atoms with Gasteiger partial charge in [0.2, 0.25) is 0 Å². The number of ether oxygens (including phenoxy) is 1. The van der Waals surface area contributed by atoms with Crippen molar-refractivity contribution in [3.8, 4) is 0 Å². The van der Waals surface area contributed by atoms with Gasteiger partial charge in [-0.1, -0.05) is 0 Å². The molecule has 1 heterocycles. The van der Waals surface area contributed by atoms with E-state index in [1.165, 1.54) is 0 Å². The average Bonchev–Trinajstić information content (AvgIpc) is 2.75. The molecule has 1 saturated carbocycles. The van der Waals surface area contributed by atoms with Crippen molar-refractivity contribution < 1.29 is 9.53 Å². The van der Waals surface area contributed by atoms with Gasteiger partial charge >= 0.3 is 0 Å². The van der Waals surface area contributed by atoms with Crippen LogP contribution in [0.1, 0.15) is 47.0 Å². The van der Waals surface area contributed by atoms with Gasteiger partial charge in [0.05, 0.1) is 11.2 Å². The fourth-order valence-corrected chi connectivity index (χ4v) is 3.40. The van der Waals surface area contributed by atoms with E-state index in [0.29, 0.717) is 17.8 Å². The topological polar surface area (TPSA) is 26.3 Å². The van der Waals surface area contributed by atoms with E-state index < -0.39 is 0 Å². The number of rotatable bonds is 2. The third-order valence-electron chi connectivity index (χ3n) is 3.73. The van der Waals surface area contributed by atoms with Gasteiger partial charge in [0.1, 0.15) is 6.29 Å². The Morgan fingerprint density at radius 3 is 2.07 bits per heavy atom. The molecule has 0 radical (unpaired) electrons. The highest BCUT2D eigenvalue weighted by atomic mass is 16.5. The minimum absolute atomic E-state index is 0.0254. The van der Waals surface area contributed by atoms with Gasteiger partial charge < -0.3 is 9.53 Å². The molecule has 2 heteroatoms. The molecule has 2 atom stereocenters. The summed E-state index contributed by atoms with van der Waals surface area (Å²) in [7, 11) is 0. The van der Waals surface area contributed by atoms with Crippen molar-refractivity contribution in [2.75, 3.05) is 0 Å². The number of hydrogen-bond donors (Lipinski definition) is 0. The summed E-state index contributed by atoms with van der Waals surface area (Å²) >= 11 is 0. The second-order valence-corrected chi connectivity index (χ2v) is 6.49. The molecule has 0 aromatic carbocycles. The SMILES string of the molecule is CC1(C)CC([C@H]2C[C@H]2C=O)CC(C)(C)O1. The van der Waals surface area contributed by atoms with Crippen molar-refractivity contribution in [2.45, 2.75) is 58.2 Å². The number of carbonyl (C=O) groups excluding carboxylic acids is 1. The standard InChI is InChI=1S/C13H22O2/c1-12(2)6-10(7-13(3,4)15-12)11-5-9(11)8-14/h8-11H,5-7H2,1-4H3/t9-,11-/m0/s1. The zero-order valence-electron chi connectivity index (χ0n) is 10.2. The Morgan fingerprint density at radius 2 is 1.67 bits per heavy atom. The molecule has 1 aliphatic carbocycles. The molecule has 2 nitrogen and oxygen atoms in total. The lowest BCUT2D eigenvalue weighted by Crippen LogP contribution is -2.45. The monoisotopic (exact) mass is 210 g/mol. The van der Waals surface area contributed by atoms with Crippen molar-refractivity contribution in [1.29, 1.82) is 0 Å². The summed E-state index contributed by atoms with van der Waals surface area (Å²) in [6.45, 7) is 8.66. The molecule has 0 amide bonds. The van der Waals surface area contributed by atoms with Crippen LogP contribution in [0, 0.1) is 17.8 Å². The molecule has 1 saturated heterocycles. The highest BCUT2D eigenvalue weighted by Crippen LogP contribution is 2.52. The largest absolute Gasteiger partial charge is 0.370 e. The first-order valence-electron chi connectivity index (χ1n) is 5.98. The second-order valence-electron chi connectivity index (χ2n) is 6.49. The predicted octanol–water partition coefficient (Wildman–Crippen LogP) is 2.81. The van der Waals surface area contributed by atoms with Crippen molar-refractivity contribution in [3.05, 3.63) is 0 Å². The first kappa shape index (κ1) is 11.1. The van der Waals surface area contributed by atoms with Crippen LogP contribution >= 0.6 is 0 Å². The zero-order valence-corrected chi connectivity index (χ0v) is 10.2. The maximum atomic E-state index is 10.7. The summed E-state index contributed by atoms with van der Waals surface area (Å²) in [6, 6.07) is 0. The Bertz CT molecular complexity index is 252. The molecular formula is C13H22O2. The van der Waals surface area contributed by atoms with Gasteiger partial charge in [-0.05, 0) is 58.8 Å². The Labute approximate surface area is 92.4 Å². The lowest BCUT2D eigenvalue weighted by molar-refractivity contribution is -0.175. The Morgan fingerprint density at radius 1 is 1.13 bits per heavy atom. The highest BCUT2D eigenvalue weighted by Gasteiger charge is 2.49. The minimum atomic E-state index is -0.0254. The number of hydrogen-bond acceptors (Lipinski definition) is 2. The Hall–Kier alpha value is -0.370. The Balaban J connectivity index is 2.04. The lowest BCUT2D eigenvalue weighted by Gasteiger charge is -2.45. The molecule has 0 N–H and O–H groups in total.